The van der Waals surface area contributed by atoms with Crippen molar-refractivity contribution in [3.05, 3.63) is 95.9 Å². The number of benzene rings is 4. The fraction of sp³-hybridized carbons (Fsp3) is 0. The lowest BCUT2D eigenvalue weighted by Crippen LogP contribution is -2.11. The van der Waals surface area contributed by atoms with Gasteiger partial charge in [0.25, 0.3) is 5.91 Å². The Bertz CT molecular complexity index is 1320. The van der Waals surface area contributed by atoms with Crippen LogP contribution in [0.5, 0.6) is 0 Å². The lowest BCUT2D eigenvalue weighted by atomic mass is 10.0. The van der Waals surface area contributed by atoms with Crippen LogP contribution in [0, 0.1) is 0 Å². The van der Waals surface area contributed by atoms with Crippen LogP contribution in [0.25, 0.3) is 32.8 Å². The van der Waals surface area contributed by atoms with E-state index in [0.29, 0.717) is 10.7 Å². The number of aromatic nitrogens is 1. The van der Waals surface area contributed by atoms with Crippen LogP contribution in [0.4, 0.5) is 5.13 Å². The van der Waals surface area contributed by atoms with Gasteiger partial charge in [0.15, 0.2) is 5.13 Å². The molecule has 0 aliphatic carbocycles. The van der Waals surface area contributed by atoms with Crippen molar-refractivity contribution in [3.63, 3.8) is 0 Å². The van der Waals surface area contributed by atoms with Crippen LogP contribution in [0.15, 0.2) is 90.3 Å². The minimum atomic E-state index is -0.149. The van der Waals surface area contributed by atoms with E-state index in [0.717, 1.165) is 27.4 Å². The van der Waals surface area contributed by atoms with Gasteiger partial charge >= 0.3 is 0 Å². The van der Waals surface area contributed by atoms with E-state index in [4.69, 9.17) is 0 Å². The average Bonchev–Trinajstić information content (AvgIpc) is 3.21. The van der Waals surface area contributed by atoms with Gasteiger partial charge in [0.1, 0.15) is 0 Å². The Morgan fingerprint density at radius 1 is 0.786 bits per heavy atom. The van der Waals surface area contributed by atoms with Crippen LogP contribution in [0.3, 0.4) is 0 Å². The summed E-state index contributed by atoms with van der Waals surface area (Å²) in [5.74, 6) is -0.149. The second-order valence-electron chi connectivity index (χ2n) is 6.58. The highest BCUT2D eigenvalue weighted by atomic mass is 32.1. The van der Waals surface area contributed by atoms with E-state index in [1.807, 2.05) is 66.0 Å². The number of rotatable bonds is 3. The van der Waals surface area contributed by atoms with Crippen molar-refractivity contribution in [2.75, 3.05) is 5.32 Å². The van der Waals surface area contributed by atoms with Gasteiger partial charge in [0, 0.05) is 16.5 Å². The highest BCUT2D eigenvalue weighted by molar-refractivity contribution is 7.14. The first-order valence-corrected chi connectivity index (χ1v) is 9.90. The maximum absolute atomic E-state index is 12.7. The number of carbonyl (C=O) groups excluding carboxylic acids is 1. The molecule has 0 bridgehead atoms. The largest absolute Gasteiger partial charge is 0.298 e. The summed E-state index contributed by atoms with van der Waals surface area (Å²) in [4.78, 5) is 17.3. The minimum Gasteiger partial charge on any atom is -0.298 e. The fourth-order valence-electron chi connectivity index (χ4n) is 3.40. The number of thiazole rings is 1. The molecule has 0 aliphatic rings. The topological polar surface area (TPSA) is 42.0 Å². The Hall–Kier alpha value is -3.50. The Morgan fingerprint density at radius 3 is 2.43 bits per heavy atom. The van der Waals surface area contributed by atoms with Crippen molar-refractivity contribution in [1.82, 2.24) is 4.98 Å². The summed E-state index contributed by atoms with van der Waals surface area (Å²) in [6.45, 7) is 0. The third-order valence-electron chi connectivity index (χ3n) is 4.80. The van der Waals surface area contributed by atoms with Gasteiger partial charge in [-0.25, -0.2) is 4.98 Å². The van der Waals surface area contributed by atoms with E-state index >= 15 is 0 Å². The fourth-order valence-corrected chi connectivity index (χ4v) is 4.11. The van der Waals surface area contributed by atoms with E-state index in [9.17, 15) is 4.79 Å². The second-order valence-corrected chi connectivity index (χ2v) is 7.44. The molecule has 5 rings (SSSR count). The number of nitrogens with one attached hydrogen (secondary N) is 1. The standard InChI is InChI=1S/C24H16N2OS/c27-23(19-13-12-16-6-1-2-8-18(16)14-19)26-24-25-22(15-28-24)21-11-5-9-17-7-3-4-10-20(17)21/h1-15H,(H,25,26,27). The van der Waals surface area contributed by atoms with Gasteiger partial charge in [-0.3, -0.25) is 10.1 Å². The van der Waals surface area contributed by atoms with E-state index in [1.165, 1.54) is 16.7 Å². The van der Waals surface area contributed by atoms with Crippen LogP contribution in [-0.2, 0) is 0 Å². The average molecular weight is 380 g/mol. The molecular weight excluding hydrogens is 364 g/mol. The van der Waals surface area contributed by atoms with Gasteiger partial charge in [0.2, 0.25) is 0 Å². The van der Waals surface area contributed by atoms with Crippen molar-refractivity contribution in [2.24, 2.45) is 0 Å². The van der Waals surface area contributed by atoms with E-state index in [1.54, 1.807) is 0 Å². The molecule has 0 radical (unpaired) electrons. The quantitative estimate of drug-likeness (QED) is 0.395. The zero-order chi connectivity index (χ0) is 18.9. The van der Waals surface area contributed by atoms with Gasteiger partial charge in [0.05, 0.1) is 5.69 Å². The van der Waals surface area contributed by atoms with E-state index in [-0.39, 0.29) is 5.91 Å². The number of nitrogens with zero attached hydrogens (tertiary/aromatic N) is 1. The summed E-state index contributed by atoms with van der Waals surface area (Å²) in [6.07, 6.45) is 0. The maximum atomic E-state index is 12.7. The van der Waals surface area contributed by atoms with Crippen LogP contribution in [0.2, 0.25) is 0 Å². The van der Waals surface area contributed by atoms with Gasteiger partial charge in [-0.2, -0.15) is 0 Å². The van der Waals surface area contributed by atoms with Crippen molar-refractivity contribution in [3.8, 4) is 11.3 Å². The number of amides is 1. The lowest BCUT2D eigenvalue weighted by Gasteiger charge is -2.05. The van der Waals surface area contributed by atoms with Crippen molar-refractivity contribution in [2.45, 2.75) is 0 Å². The summed E-state index contributed by atoms with van der Waals surface area (Å²) in [5.41, 5.74) is 2.57. The van der Waals surface area contributed by atoms with Crippen LogP contribution < -0.4 is 5.32 Å². The van der Waals surface area contributed by atoms with Crippen LogP contribution in [-0.4, -0.2) is 10.9 Å². The Balaban J connectivity index is 1.43. The molecule has 0 fully saturated rings. The molecule has 0 spiro atoms. The SMILES string of the molecule is O=C(Nc1nc(-c2cccc3ccccc23)cs1)c1ccc2ccccc2c1. The predicted molar refractivity (Wildman–Crippen MR) is 117 cm³/mol. The number of anilines is 1. The molecule has 0 saturated carbocycles. The molecule has 0 aliphatic heterocycles. The molecule has 0 unspecified atom stereocenters. The van der Waals surface area contributed by atoms with Gasteiger partial charge in [-0.05, 0) is 33.7 Å². The summed E-state index contributed by atoms with van der Waals surface area (Å²) >= 11 is 1.44. The molecule has 4 heteroatoms. The Morgan fingerprint density at radius 2 is 1.54 bits per heavy atom. The molecule has 4 aromatic carbocycles. The number of hydrogen-bond acceptors (Lipinski definition) is 3. The van der Waals surface area contributed by atoms with E-state index in [2.05, 4.69) is 34.6 Å². The first-order chi connectivity index (χ1) is 13.8. The summed E-state index contributed by atoms with van der Waals surface area (Å²) in [7, 11) is 0. The molecular formula is C24H16N2OS. The molecule has 1 heterocycles. The number of hydrogen-bond donors (Lipinski definition) is 1. The smallest absolute Gasteiger partial charge is 0.257 e. The third kappa shape index (κ3) is 3.04. The monoisotopic (exact) mass is 380 g/mol. The highest BCUT2D eigenvalue weighted by Gasteiger charge is 2.12. The molecule has 0 atom stereocenters. The van der Waals surface area contributed by atoms with Crippen molar-refractivity contribution in [1.29, 1.82) is 0 Å². The normalized spacial score (nSPS) is 11.0. The first kappa shape index (κ1) is 16.7. The third-order valence-corrected chi connectivity index (χ3v) is 5.56. The van der Waals surface area contributed by atoms with Crippen molar-refractivity contribution < 1.29 is 4.79 Å². The van der Waals surface area contributed by atoms with Gasteiger partial charge in [-0.1, -0.05) is 72.8 Å². The summed E-state index contributed by atoms with van der Waals surface area (Å²) in [6, 6.07) is 28.2. The molecule has 1 amide bonds. The van der Waals surface area contributed by atoms with Crippen LogP contribution >= 0.6 is 11.3 Å². The van der Waals surface area contributed by atoms with E-state index < -0.39 is 0 Å². The Labute approximate surface area is 166 Å². The number of fused-ring (bicyclic) bond motifs is 2. The summed E-state index contributed by atoms with van der Waals surface area (Å²) in [5, 5.41) is 10.0. The molecule has 1 N–H and O–H groups in total. The molecule has 5 aromatic rings. The minimum absolute atomic E-state index is 0.149. The highest BCUT2D eigenvalue weighted by Crippen LogP contribution is 2.31. The predicted octanol–water partition coefficient (Wildman–Crippen LogP) is 6.37. The van der Waals surface area contributed by atoms with Crippen LogP contribution in [0.1, 0.15) is 10.4 Å². The first-order valence-electron chi connectivity index (χ1n) is 9.02. The molecule has 1 aromatic heterocycles. The Kier molecular flexibility index (Phi) is 4.11. The van der Waals surface area contributed by atoms with Gasteiger partial charge < -0.3 is 0 Å². The molecule has 28 heavy (non-hydrogen) atoms. The zero-order valence-electron chi connectivity index (χ0n) is 14.9. The molecule has 134 valence electrons. The second kappa shape index (κ2) is 6.91. The lowest BCUT2D eigenvalue weighted by molar-refractivity contribution is 0.102. The van der Waals surface area contributed by atoms with Gasteiger partial charge in [-0.15, -0.1) is 11.3 Å². The van der Waals surface area contributed by atoms with Crippen molar-refractivity contribution >= 4 is 43.9 Å². The zero-order valence-corrected chi connectivity index (χ0v) is 15.7. The molecule has 3 nitrogen and oxygen atoms in total. The maximum Gasteiger partial charge on any atom is 0.257 e. The summed E-state index contributed by atoms with van der Waals surface area (Å²) < 4.78 is 0. The molecule has 0 saturated heterocycles. The number of carbonyl (C=O) groups is 1.